The van der Waals surface area contributed by atoms with Crippen molar-refractivity contribution in [3.05, 3.63) is 52.5 Å². The van der Waals surface area contributed by atoms with Crippen LogP contribution < -0.4 is 19.1 Å². The molecule has 0 radical (unpaired) electrons. The van der Waals surface area contributed by atoms with Crippen LogP contribution in [0.25, 0.3) is 0 Å². The van der Waals surface area contributed by atoms with Gasteiger partial charge in [0.2, 0.25) is 21.8 Å². The number of carbonyl (C=O) groups excluding carboxylic acids is 2. The fourth-order valence-corrected chi connectivity index (χ4v) is 4.77. The molecule has 11 heteroatoms. The van der Waals surface area contributed by atoms with Crippen molar-refractivity contribution in [3.63, 3.8) is 0 Å². The Labute approximate surface area is 221 Å². The summed E-state index contributed by atoms with van der Waals surface area (Å²) in [5.74, 6) is -0.197. The molecule has 0 spiro atoms. The van der Waals surface area contributed by atoms with E-state index >= 15 is 0 Å². The van der Waals surface area contributed by atoms with Gasteiger partial charge in [-0.3, -0.25) is 13.9 Å². The molecule has 9 nitrogen and oxygen atoms in total. The van der Waals surface area contributed by atoms with Crippen molar-refractivity contribution in [2.45, 2.75) is 45.8 Å². The van der Waals surface area contributed by atoms with E-state index in [9.17, 15) is 18.0 Å². The minimum absolute atomic E-state index is 0.106. The molecule has 0 fully saturated rings. The lowest BCUT2D eigenvalue weighted by Gasteiger charge is -2.33. The molecule has 0 bridgehead atoms. The number of sulfonamides is 1. The smallest absolute Gasteiger partial charge is 0.244 e. The van der Waals surface area contributed by atoms with Crippen molar-refractivity contribution in [1.29, 1.82) is 0 Å². The molecule has 0 saturated heterocycles. The molecule has 1 N–H and O–H groups in total. The highest BCUT2D eigenvalue weighted by Crippen LogP contribution is 2.33. The molecule has 1 atom stereocenters. The van der Waals surface area contributed by atoms with Gasteiger partial charge in [0, 0.05) is 22.6 Å². The van der Waals surface area contributed by atoms with Crippen molar-refractivity contribution in [1.82, 2.24) is 10.2 Å². The van der Waals surface area contributed by atoms with Crippen LogP contribution >= 0.6 is 15.9 Å². The van der Waals surface area contributed by atoms with E-state index in [1.54, 1.807) is 13.0 Å². The molecule has 2 rings (SSSR count). The van der Waals surface area contributed by atoms with E-state index in [4.69, 9.17) is 9.47 Å². The van der Waals surface area contributed by atoms with E-state index in [0.717, 1.165) is 20.6 Å². The SMILES string of the molecule is COc1ccc(N(CC(=O)N(Cc2cccc(Br)c2)C(C)C(=O)NC(C)(C)C)S(C)(=O)=O)c(OC)c1. The van der Waals surface area contributed by atoms with Gasteiger partial charge in [0.05, 0.1) is 26.2 Å². The fraction of sp³-hybridized carbons (Fsp3) is 0.440. The maximum atomic E-state index is 13.7. The first-order valence-electron chi connectivity index (χ1n) is 11.2. The average Bonchev–Trinajstić information content (AvgIpc) is 2.78. The normalized spacial score (nSPS) is 12.4. The average molecular weight is 585 g/mol. The molecule has 0 aromatic heterocycles. The maximum absolute atomic E-state index is 13.7. The summed E-state index contributed by atoms with van der Waals surface area (Å²) in [6.07, 6.45) is 1.01. The van der Waals surface area contributed by atoms with Crippen molar-refractivity contribution in [2.75, 3.05) is 31.3 Å². The molecule has 2 aromatic rings. The molecule has 1 unspecified atom stereocenters. The minimum Gasteiger partial charge on any atom is -0.497 e. The molecule has 0 aliphatic rings. The van der Waals surface area contributed by atoms with Crippen LogP contribution in [0.2, 0.25) is 0 Å². The topological polar surface area (TPSA) is 105 Å². The summed E-state index contributed by atoms with van der Waals surface area (Å²) in [6.45, 7) is 6.74. The van der Waals surface area contributed by atoms with Gasteiger partial charge >= 0.3 is 0 Å². The number of ether oxygens (including phenoxy) is 2. The Morgan fingerprint density at radius 3 is 2.28 bits per heavy atom. The van der Waals surface area contributed by atoms with Gasteiger partial charge in [0.15, 0.2) is 0 Å². The van der Waals surface area contributed by atoms with E-state index in [1.165, 1.54) is 31.3 Å². The summed E-state index contributed by atoms with van der Waals surface area (Å²) in [4.78, 5) is 28.0. The second-order valence-electron chi connectivity index (χ2n) is 9.37. The Bertz CT molecular complexity index is 1200. The van der Waals surface area contributed by atoms with Gasteiger partial charge < -0.3 is 19.7 Å². The van der Waals surface area contributed by atoms with Crippen molar-refractivity contribution < 1.29 is 27.5 Å². The van der Waals surface area contributed by atoms with Gasteiger partial charge in [-0.2, -0.15) is 0 Å². The van der Waals surface area contributed by atoms with Crippen LogP contribution in [0.1, 0.15) is 33.3 Å². The van der Waals surface area contributed by atoms with Gasteiger partial charge in [-0.05, 0) is 57.5 Å². The number of nitrogens with zero attached hydrogens (tertiary/aromatic N) is 2. The molecule has 2 aromatic carbocycles. The Morgan fingerprint density at radius 1 is 1.08 bits per heavy atom. The summed E-state index contributed by atoms with van der Waals surface area (Å²) in [5, 5.41) is 2.89. The number of rotatable bonds is 10. The van der Waals surface area contributed by atoms with E-state index in [1.807, 2.05) is 45.0 Å². The number of anilines is 1. The highest BCUT2D eigenvalue weighted by Gasteiger charge is 2.32. The molecule has 0 aliphatic carbocycles. The lowest BCUT2D eigenvalue weighted by atomic mass is 10.1. The number of amides is 2. The predicted molar refractivity (Wildman–Crippen MR) is 144 cm³/mol. The van der Waals surface area contributed by atoms with Gasteiger partial charge in [-0.1, -0.05) is 28.1 Å². The zero-order valence-corrected chi connectivity index (χ0v) is 24.1. The molecule has 0 aliphatic heterocycles. The highest BCUT2D eigenvalue weighted by atomic mass is 79.9. The van der Waals surface area contributed by atoms with E-state index in [-0.39, 0.29) is 23.9 Å². The van der Waals surface area contributed by atoms with Gasteiger partial charge in [-0.25, -0.2) is 8.42 Å². The first kappa shape index (κ1) is 29.4. The van der Waals surface area contributed by atoms with Crippen LogP contribution in [0.3, 0.4) is 0 Å². The van der Waals surface area contributed by atoms with Crippen LogP contribution in [0, 0.1) is 0 Å². The van der Waals surface area contributed by atoms with Gasteiger partial charge in [0.25, 0.3) is 0 Å². The summed E-state index contributed by atoms with van der Waals surface area (Å²) in [7, 11) is -1.01. The van der Waals surface area contributed by atoms with Crippen LogP contribution in [-0.2, 0) is 26.2 Å². The summed E-state index contributed by atoms with van der Waals surface area (Å²) in [6, 6.07) is 11.1. The van der Waals surface area contributed by atoms with Crippen molar-refractivity contribution in [3.8, 4) is 11.5 Å². The van der Waals surface area contributed by atoms with Gasteiger partial charge in [-0.15, -0.1) is 0 Å². The van der Waals surface area contributed by atoms with Crippen LogP contribution in [0.4, 0.5) is 5.69 Å². The number of hydrogen-bond donors (Lipinski definition) is 1. The fourth-order valence-electron chi connectivity index (χ4n) is 3.47. The number of benzene rings is 2. The second-order valence-corrected chi connectivity index (χ2v) is 12.2. The molecular weight excluding hydrogens is 550 g/mol. The number of hydrogen-bond acceptors (Lipinski definition) is 6. The Balaban J connectivity index is 2.48. The van der Waals surface area contributed by atoms with E-state index in [2.05, 4.69) is 21.2 Å². The molecule has 198 valence electrons. The lowest BCUT2D eigenvalue weighted by Crippen LogP contribution is -2.54. The summed E-state index contributed by atoms with van der Waals surface area (Å²) < 4.78 is 37.9. The second kappa shape index (κ2) is 12.0. The van der Waals surface area contributed by atoms with Crippen LogP contribution in [-0.4, -0.2) is 63.7 Å². The number of halogens is 1. The van der Waals surface area contributed by atoms with Crippen molar-refractivity contribution in [2.24, 2.45) is 0 Å². The van der Waals surface area contributed by atoms with Crippen LogP contribution in [0.15, 0.2) is 46.9 Å². The third kappa shape index (κ3) is 8.12. The third-order valence-corrected chi connectivity index (χ3v) is 6.86. The van der Waals surface area contributed by atoms with E-state index < -0.39 is 34.1 Å². The van der Waals surface area contributed by atoms with Crippen molar-refractivity contribution >= 4 is 43.5 Å². The third-order valence-electron chi connectivity index (χ3n) is 5.24. The number of carbonyl (C=O) groups is 2. The highest BCUT2D eigenvalue weighted by molar-refractivity contribution is 9.10. The first-order valence-corrected chi connectivity index (χ1v) is 13.9. The number of nitrogens with one attached hydrogen (secondary N) is 1. The minimum atomic E-state index is -3.90. The lowest BCUT2D eigenvalue weighted by molar-refractivity contribution is -0.140. The van der Waals surface area contributed by atoms with E-state index in [0.29, 0.717) is 5.75 Å². The molecule has 2 amide bonds. The monoisotopic (exact) mass is 583 g/mol. The standard InChI is InChI=1S/C25H34BrN3O6S/c1-17(24(31)27-25(2,3)4)28(15-18-9-8-10-19(26)13-18)23(30)16-29(36(7,32)33)21-12-11-20(34-5)14-22(21)35-6/h8-14,17H,15-16H2,1-7H3,(H,27,31). The van der Waals surface area contributed by atoms with Gasteiger partial charge in [0.1, 0.15) is 24.1 Å². The zero-order chi connectivity index (χ0) is 27.3. The zero-order valence-electron chi connectivity index (χ0n) is 21.7. The largest absolute Gasteiger partial charge is 0.497 e. The molecular formula is C25H34BrN3O6S. The first-order chi connectivity index (χ1) is 16.7. The molecule has 36 heavy (non-hydrogen) atoms. The predicted octanol–water partition coefficient (Wildman–Crippen LogP) is 3.56. The number of methoxy groups -OCH3 is 2. The van der Waals surface area contributed by atoms with Crippen LogP contribution in [0.5, 0.6) is 11.5 Å². The maximum Gasteiger partial charge on any atom is 0.244 e. The molecule has 0 heterocycles. The summed E-state index contributed by atoms with van der Waals surface area (Å²) >= 11 is 3.43. The Morgan fingerprint density at radius 2 is 1.75 bits per heavy atom. The Kier molecular flexibility index (Phi) is 9.78. The molecule has 0 saturated carbocycles. The summed E-state index contributed by atoms with van der Waals surface area (Å²) in [5.41, 5.74) is 0.454. The quantitative estimate of drug-likeness (QED) is 0.458. The Hall–Kier alpha value is -2.79.